The average Bonchev–Trinajstić information content (AvgIpc) is 2.59. The van der Waals surface area contributed by atoms with Gasteiger partial charge in [0.1, 0.15) is 5.75 Å². The smallest absolute Gasteiger partial charge is 0.193 e. The third-order valence-corrected chi connectivity index (χ3v) is 3.67. The molecule has 0 aromatic heterocycles. The van der Waals surface area contributed by atoms with Gasteiger partial charge in [-0.2, -0.15) is 0 Å². The van der Waals surface area contributed by atoms with Crippen molar-refractivity contribution in [2.75, 3.05) is 19.0 Å². The van der Waals surface area contributed by atoms with Crippen LogP contribution >= 0.6 is 0 Å². The monoisotopic (exact) mass is 311 g/mol. The van der Waals surface area contributed by atoms with Gasteiger partial charge in [-0.05, 0) is 54.7 Å². The SMILES string of the molecule is CCc1cccc(NC(N)=NCCCc2ccc(OC)cc2)c1. The van der Waals surface area contributed by atoms with E-state index in [1.807, 2.05) is 24.3 Å². The van der Waals surface area contributed by atoms with Crippen LogP contribution < -0.4 is 15.8 Å². The van der Waals surface area contributed by atoms with Gasteiger partial charge < -0.3 is 15.8 Å². The molecule has 0 spiro atoms. The van der Waals surface area contributed by atoms with Crippen molar-refractivity contribution < 1.29 is 4.74 Å². The van der Waals surface area contributed by atoms with Gasteiger partial charge in [-0.15, -0.1) is 0 Å². The summed E-state index contributed by atoms with van der Waals surface area (Å²) in [5.41, 5.74) is 9.48. The Hall–Kier alpha value is -2.49. The molecule has 0 unspecified atom stereocenters. The largest absolute Gasteiger partial charge is 0.497 e. The van der Waals surface area contributed by atoms with Crippen molar-refractivity contribution in [3.8, 4) is 5.75 Å². The summed E-state index contributed by atoms with van der Waals surface area (Å²) in [6.07, 6.45) is 2.95. The van der Waals surface area contributed by atoms with Crippen LogP contribution in [0.15, 0.2) is 53.5 Å². The van der Waals surface area contributed by atoms with Gasteiger partial charge >= 0.3 is 0 Å². The number of hydrogen-bond acceptors (Lipinski definition) is 2. The minimum absolute atomic E-state index is 0.466. The lowest BCUT2D eigenvalue weighted by atomic mass is 10.1. The van der Waals surface area contributed by atoms with E-state index < -0.39 is 0 Å². The molecule has 2 aromatic rings. The second-order valence-electron chi connectivity index (χ2n) is 5.40. The minimum Gasteiger partial charge on any atom is -0.497 e. The predicted octanol–water partition coefficient (Wildman–Crippen LogP) is 3.62. The summed E-state index contributed by atoms with van der Waals surface area (Å²) < 4.78 is 5.15. The molecule has 0 heterocycles. The Morgan fingerprint density at radius 1 is 1.13 bits per heavy atom. The summed E-state index contributed by atoms with van der Waals surface area (Å²) in [6.45, 7) is 2.84. The van der Waals surface area contributed by atoms with Crippen LogP contribution in [0.4, 0.5) is 5.69 Å². The highest BCUT2D eigenvalue weighted by Gasteiger charge is 1.98. The first kappa shape index (κ1) is 16.9. The number of methoxy groups -OCH3 is 1. The summed E-state index contributed by atoms with van der Waals surface area (Å²) >= 11 is 0. The van der Waals surface area contributed by atoms with Crippen molar-refractivity contribution in [1.29, 1.82) is 0 Å². The molecule has 0 aliphatic heterocycles. The summed E-state index contributed by atoms with van der Waals surface area (Å²) in [6, 6.07) is 16.4. The van der Waals surface area contributed by atoms with Gasteiger partial charge in [0.2, 0.25) is 0 Å². The van der Waals surface area contributed by atoms with Crippen molar-refractivity contribution in [2.24, 2.45) is 10.7 Å². The lowest BCUT2D eigenvalue weighted by Gasteiger charge is -2.07. The van der Waals surface area contributed by atoms with Crippen LogP contribution in [0.2, 0.25) is 0 Å². The normalized spacial score (nSPS) is 11.3. The molecular formula is C19H25N3O. The van der Waals surface area contributed by atoms with E-state index >= 15 is 0 Å². The predicted molar refractivity (Wildman–Crippen MR) is 97.2 cm³/mol. The van der Waals surface area contributed by atoms with Crippen LogP contribution in [0.5, 0.6) is 5.75 Å². The minimum atomic E-state index is 0.466. The number of anilines is 1. The van der Waals surface area contributed by atoms with Gasteiger partial charge in [0.25, 0.3) is 0 Å². The van der Waals surface area contributed by atoms with Crippen LogP contribution in [-0.2, 0) is 12.8 Å². The van der Waals surface area contributed by atoms with Gasteiger partial charge in [0.15, 0.2) is 5.96 Å². The Kier molecular flexibility index (Phi) is 6.48. The highest BCUT2D eigenvalue weighted by Crippen LogP contribution is 2.13. The Bertz CT molecular complexity index is 635. The quantitative estimate of drug-likeness (QED) is 0.466. The van der Waals surface area contributed by atoms with E-state index in [4.69, 9.17) is 10.5 Å². The van der Waals surface area contributed by atoms with Crippen LogP contribution in [-0.4, -0.2) is 19.6 Å². The summed E-state index contributed by atoms with van der Waals surface area (Å²) in [5, 5.41) is 3.14. The molecule has 0 fully saturated rings. The van der Waals surface area contributed by atoms with Crippen LogP contribution in [0.3, 0.4) is 0 Å². The molecule has 0 radical (unpaired) electrons. The van der Waals surface area contributed by atoms with Gasteiger partial charge in [0.05, 0.1) is 7.11 Å². The molecule has 4 heteroatoms. The summed E-state index contributed by atoms with van der Waals surface area (Å²) in [5.74, 6) is 1.35. The van der Waals surface area contributed by atoms with Crippen LogP contribution in [0, 0.1) is 0 Å². The maximum Gasteiger partial charge on any atom is 0.193 e. The average molecular weight is 311 g/mol. The molecular weight excluding hydrogens is 286 g/mol. The summed E-state index contributed by atoms with van der Waals surface area (Å²) in [7, 11) is 1.68. The number of hydrogen-bond donors (Lipinski definition) is 2. The topological polar surface area (TPSA) is 59.6 Å². The Morgan fingerprint density at radius 3 is 2.61 bits per heavy atom. The third kappa shape index (κ3) is 5.66. The molecule has 0 saturated carbocycles. The number of aliphatic imine (C=N–C) groups is 1. The second-order valence-corrected chi connectivity index (χ2v) is 5.40. The first-order valence-electron chi connectivity index (χ1n) is 8.00. The lowest BCUT2D eigenvalue weighted by molar-refractivity contribution is 0.414. The van der Waals surface area contributed by atoms with Gasteiger partial charge in [-0.25, -0.2) is 0 Å². The molecule has 0 saturated heterocycles. The fourth-order valence-electron chi connectivity index (χ4n) is 2.33. The van der Waals surface area contributed by atoms with E-state index in [0.29, 0.717) is 12.5 Å². The van der Waals surface area contributed by atoms with E-state index in [0.717, 1.165) is 30.7 Å². The first-order chi connectivity index (χ1) is 11.2. The number of ether oxygens (including phenoxy) is 1. The second kappa shape index (κ2) is 8.83. The van der Waals surface area contributed by atoms with E-state index in [1.165, 1.54) is 11.1 Å². The maximum absolute atomic E-state index is 5.94. The number of benzene rings is 2. The lowest BCUT2D eigenvalue weighted by Crippen LogP contribution is -2.23. The highest BCUT2D eigenvalue weighted by atomic mass is 16.5. The number of aryl methyl sites for hydroxylation is 2. The first-order valence-corrected chi connectivity index (χ1v) is 8.00. The van der Waals surface area contributed by atoms with Crippen molar-refractivity contribution in [3.05, 3.63) is 59.7 Å². The maximum atomic E-state index is 5.94. The molecule has 4 nitrogen and oxygen atoms in total. The molecule has 0 amide bonds. The third-order valence-electron chi connectivity index (χ3n) is 3.67. The fourth-order valence-corrected chi connectivity index (χ4v) is 2.33. The van der Waals surface area contributed by atoms with Gasteiger partial charge in [-0.1, -0.05) is 31.2 Å². The Balaban J connectivity index is 1.77. The molecule has 0 atom stereocenters. The Labute approximate surface area is 138 Å². The fraction of sp³-hybridized carbons (Fsp3) is 0.316. The Morgan fingerprint density at radius 2 is 1.91 bits per heavy atom. The van der Waals surface area contributed by atoms with Crippen molar-refractivity contribution in [3.63, 3.8) is 0 Å². The van der Waals surface area contributed by atoms with Gasteiger partial charge in [0, 0.05) is 12.2 Å². The zero-order valence-corrected chi connectivity index (χ0v) is 13.9. The van der Waals surface area contributed by atoms with Crippen LogP contribution in [0.1, 0.15) is 24.5 Å². The molecule has 0 aliphatic carbocycles. The molecule has 0 bridgehead atoms. The molecule has 2 aromatic carbocycles. The van der Waals surface area contributed by atoms with Crippen molar-refractivity contribution >= 4 is 11.6 Å². The van der Waals surface area contributed by atoms with E-state index in [9.17, 15) is 0 Å². The summed E-state index contributed by atoms with van der Waals surface area (Å²) in [4.78, 5) is 4.38. The number of guanidine groups is 1. The molecule has 3 N–H and O–H groups in total. The van der Waals surface area contributed by atoms with Crippen molar-refractivity contribution in [1.82, 2.24) is 0 Å². The zero-order chi connectivity index (χ0) is 16.5. The molecule has 0 aliphatic rings. The number of nitrogens with two attached hydrogens (primary N) is 1. The van der Waals surface area contributed by atoms with Crippen molar-refractivity contribution in [2.45, 2.75) is 26.2 Å². The van der Waals surface area contributed by atoms with E-state index in [1.54, 1.807) is 7.11 Å². The number of rotatable bonds is 7. The molecule has 23 heavy (non-hydrogen) atoms. The number of nitrogens with one attached hydrogen (secondary N) is 1. The van der Waals surface area contributed by atoms with E-state index in [-0.39, 0.29) is 0 Å². The molecule has 122 valence electrons. The zero-order valence-electron chi connectivity index (χ0n) is 13.9. The standard InChI is InChI=1S/C19H25N3O/c1-3-15-6-4-8-17(14-15)22-19(20)21-13-5-7-16-9-11-18(23-2)12-10-16/h4,6,8-12,14H,3,5,7,13H2,1-2H3,(H3,20,21,22). The van der Waals surface area contributed by atoms with E-state index in [2.05, 4.69) is 41.5 Å². The van der Waals surface area contributed by atoms with Crippen LogP contribution in [0.25, 0.3) is 0 Å². The molecule has 2 rings (SSSR count). The number of nitrogens with zero attached hydrogens (tertiary/aromatic N) is 1. The van der Waals surface area contributed by atoms with Gasteiger partial charge in [-0.3, -0.25) is 4.99 Å². The highest BCUT2D eigenvalue weighted by molar-refractivity contribution is 5.92.